The van der Waals surface area contributed by atoms with E-state index in [0.717, 1.165) is 6.32 Å². The second-order valence-corrected chi connectivity index (χ2v) is 3.47. The van der Waals surface area contributed by atoms with Crippen molar-refractivity contribution in [1.29, 1.82) is 0 Å². The molecule has 1 aliphatic rings. The summed E-state index contributed by atoms with van der Waals surface area (Å²) in [6, 6.07) is 9.46. The third-order valence-corrected chi connectivity index (χ3v) is 2.65. The van der Waals surface area contributed by atoms with Crippen LogP contribution in [0.3, 0.4) is 0 Å². The Morgan fingerprint density at radius 3 is 3.15 bits per heavy atom. The molecule has 0 fully saturated rings. The molecule has 4 heteroatoms. The van der Waals surface area contributed by atoms with Crippen molar-refractivity contribution in [2.45, 2.75) is 19.2 Å². The van der Waals surface area contributed by atoms with E-state index in [0.29, 0.717) is 12.5 Å². The molecule has 0 nitrogen and oxygen atoms in total. The zero-order valence-electron chi connectivity index (χ0n) is 7.83. The molecule has 0 aliphatic carbocycles. The van der Waals surface area contributed by atoms with E-state index in [-0.39, 0.29) is 32.7 Å². The zero-order valence-corrected chi connectivity index (χ0v) is 10.7. The van der Waals surface area contributed by atoms with E-state index in [2.05, 4.69) is 19.1 Å². The van der Waals surface area contributed by atoms with Gasteiger partial charge in [0.25, 0.3) is 0 Å². The molecule has 1 unspecified atom stereocenters. The Balaban J connectivity index is 0.000000845. The fourth-order valence-corrected chi connectivity index (χ4v) is 2.02. The third kappa shape index (κ3) is 2.13. The second-order valence-electron chi connectivity index (χ2n) is 3.47. The van der Waals surface area contributed by atoms with E-state index < -0.39 is 0 Å². The Morgan fingerprint density at radius 2 is 2.46 bits per heavy atom. The van der Waals surface area contributed by atoms with Crippen LogP contribution in [0.2, 0.25) is 6.32 Å². The molecule has 58 valence electrons. The Kier molecular flexibility index (Phi) is 4.32. The van der Waals surface area contributed by atoms with Crippen molar-refractivity contribution in [2.75, 3.05) is 0 Å². The van der Waals surface area contributed by atoms with Crippen LogP contribution >= 0.6 is 0 Å². The minimum Gasteiger partial charge on any atom is -0.185 e. The van der Waals surface area contributed by atoms with Gasteiger partial charge in [0.05, 0.1) is 6.60 Å². The van der Waals surface area contributed by atoms with Crippen molar-refractivity contribution in [3.63, 3.8) is 0 Å². The van der Waals surface area contributed by atoms with Gasteiger partial charge < -0.3 is 0 Å². The van der Waals surface area contributed by atoms with Crippen LogP contribution in [0.25, 0.3) is 0 Å². The van der Waals surface area contributed by atoms with Crippen LogP contribution in [-0.2, 0) is 32.7 Å². The number of rotatable bonds is 1. The quantitative estimate of drug-likeness (QED) is 0.496. The van der Waals surface area contributed by atoms with E-state index in [1.807, 2.05) is 12.1 Å². The van der Waals surface area contributed by atoms with Crippen LogP contribution in [0.1, 0.15) is 18.4 Å². The number of fused-ring (bicyclic) bond motifs is 1. The topological polar surface area (TPSA) is 0 Å². The van der Waals surface area contributed by atoms with Gasteiger partial charge in [0.2, 0.25) is 0 Å². The Labute approximate surface area is 108 Å². The van der Waals surface area contributed by atoms with Crippen molar-refractivity contribution in [3.8, 4) is 0 Å². The van der Waals surface area contributed by atoms with Crippen LogP contribution in [0.15, 0.2) is 18.2 Å². The summed E-state index contributed by atoms with van der Waals surface area (Å²) >= 11 is 0. The molecule has 4 radical (unpaired) electrons. The molecule has 1 heterocycles. The molecule has 13 heavy (non-hydrogen) atoms. The summed E-state index contributed by atoms with van der Waals surface area (Å²) in [6.45, 7) is 2.69. The first-order chi connectivity index (χ1) is 5.83. The van der Waals surface area contributed by atoms with Gasteiger partial charge in [-0.3, -0.25) is 0 Å². The van der Waals surface area contributed by atoms with Crippen molar-refractivity contribution in [2.24, 2.45) is 0 Å². The van der Waals surface area contributed by atoms with Gasteiger partial charge in [-0.2, -0.15) is 35.3 Å². The zero-order chi connectivity index (χ0) is 8.55. The van der Waals surface area contributed by atoms with Gasteiger partial charge in [0, 0.05) is 47.5 Å². The average molecular weight is 239 g/mol. The number of hydrogen-bond donors (Lipinski definition) is 0. The summed E-state index contributed by atoms with van der Waals surface area (Å²) in [5.41, 5.74) is 2.72. The van der Waals surface area contributed by atoms with Gasteiger partial charge in [-0.1, -0.05) is 19.2 Å². The largest absolute Gasteiger partial charge is 0.185 e. The maximum atomic E-state index is 5.57. The van der Waals surface area contributed by atoms with Crippen LogP contribution in [0, 0.1) is 6.07 Å². The van der Waals surface area contributed by atoms with Gasteiger partial charge >= 0.3 is 0 Å². The number of benzene rings is 1. The molecular formula is C9H9B3Y-. The van der Waals surface area contributed by atoms with Gasteiger partial charge in [0.1, 0.15) is 0 Å². The van der Waals surface area contributed by atoms with E-state index in [1.165, 1.54) is 11.0 Å². The smallest absolute Gasteiger partial charge is 0.0592 e. The fourth-order valence-electron chi connectivity index (χ4n) is 2.02. The monoisotopic (exact) mass is 239 g/mol. The van der Waals surface area contributed by atoms with Crippen LogP contribution in [-0.4, -0.2) is 21.4 Å². The molecule has 2 rings (SSSR count). The van der Waals surface area contributed by atoms with E-state index >= 15 is 0 Å². The predicted octanol–water partition coefficient (Wildman–Crippen LogP) is 0.588. The van der Waals surface area contributed by atoms with Crippen LogP contribution in [0.5, 0.6) is 0 Å². The maximum Gasteiger partial charge on any atom is 0.0592 e. The summed E-state index contributed by atoms with van der Waals surface area (Å²) in [6.07, 6.45) is 1.15. The summed E-state index contributed by atoms with van der Waals surface area (Å²) in [7, 11) is 7.37. The Hall–Kier alpha value is 0.519. The molecule has 0 amide bonds. The molecule has 1 aromatic carbocycles. The molecule has 1 atom stereocenters. The molecule has 0 spiro atoms. The Bertz CT molecular complexity index is 290. The first kappa shape index (κ1) is 11.6. The fraction of sp³-hybridized carbons (Fsp3) is 0.333. The first-order valence-electron chi connectivity index (χ1n) is 4.38. The molecular weight excluding hydrogens is 229 g/mol. The van der Waals surface area contributed by atoms with Crippen LogP contribution in [0.4, 0.5) is 0 Å². The molecule has 0 saturated heterocycles. The van der Waals surface area contributed by atoms with Crippen molar-refractivity contribution in [3.05, 3.63) is 29.8 Å². The van der Waals surface area contributed by atoms with Crippen molar-refractivity contribution >= 4 is 26.9 Å². The van der Waals surface area contributed by atoms with E-state index in [4.69, 9.17) is 7.74 Å². The average Bonchev–Trinajstić information content (AvgIpc) is 2.44. The molecule has 1 aliphatic heterocycles. The number of hydrogen-bond acceptors (Lipinski definition) is 0. The Morgan fingerprint density at radius 1 is 1.69 bits per heavy atom. The van der Waals surface area contributed by atoms with Gasteiger partial charge in [-0.15, -0.1) is 0 Å². The molecule has 0 saturated carbocycles. The summed E-state index contributed by atoms with van der Waals surface area (Å²) in [4.78, 5) is 0. The van der Waals surface area contributed by atoms with Crippen LogP contribution < -0.4 is 5.46 Å². The standard InChI is InChI=1S/C9H9B3.Y/c1-7-6-12(11-10)9-5-3-2-4-8(7)9;/h2-3,5,7H,6H2,1H3;/q-1;. The summed E-state index contributed by atoms with van der Waals surface area (Å²) in [5, 5.41) is 0. The van der Waals surface area contributed by atoms with Crippen molar-refractivity contribution in [1.82, 2.24) is 0 Å². The van der Waals surface area contributed by atoms with Gasteiger partial charge in [0.15, 0.2) is 0 Å². The van der Waals surface area contributed by atoms with Crippen molar-refractivity contribution < 1.29 is 32.7 Å². The molecule has 1 aromatic rings. The van der Waals surface area contributed by atoms with E-state index in [1.54, 1.807) is 7.06 Å². The summed E-state index contributed by atoms with van der Waals surface area (Å²) < 4.78 is 0. The third-order valence-electron chi connectivity index (χ3n) is 2.65. The second kappa shape index (κ2) is 4.84. The minimum absolute atomic E-state index is 0. The summed E-state index contributed by atoms with van der Waals surface area (Å²) in [5.74, 6) is 0.617. The molecule has 0 aromatic heterocycles. The SMILES string of the molecule is [B][B]B1CC(C)c2[c-]cccc21.[Y]. The minimum atomic E-state index is 0. The molecule has 0 N–H and O–H groups in total. The van der Waals surface area contributed by atoms with Gasteiger partial charge in [-0.25, -0.2) is 0 Å². The van der Waals surface area contributed by atoms with Gasteiger partial charge in [-0.05, 0) is 0 Å². The maximum absolute atomic E-state index is 5.57. The first-order valence-corrected chi connectivity index (χ1v) is 4.38. The normalized spacial score (nSPS) is 19.2. The molecule has 0 bridgehead atoms. The van der Waals surface area contributed by atoms with E-state index in [9.17, 15) is 0 Å². The predicted molar refractivity (Wildman–Crippen MR) is 55.4 cm³/mol.